The largest absolute Gasteiger partial charge is 0.340 e. The molecule has 0 radical (unpaired) electrons. The molecule has 0 saturated heterocycles. The van der Waals surface area contributed by atoms with Crippen molar-refractivity contribution in [2.75, 3.05) is 11.9 Å². The van der Waals surface area contributed by atoms with Crippen LogP contribution in [-0.4, -0.2) is 39.5 Å². The molecule has 0 fully saturated rings. The summed E-state index contributed by atoms with van der Waals surface area (Å²) in [6, 6.07) is 8.89. The molecule has 0 amide bonds. The molecule has 7 nitrogen and oxygen atoms in total. The second-order valence-corrected chi connectivity index (χ2v) is 10.3. The Balaban J connectivity index is 1.62. The smallest absolute Gasteiger partial charge is 0.216 e. The third kappa shape index (κ3) is 4.28. The summed E-state index contributed by atoms with van der Waals surface area (Å²) >= 11 is 0. The number of aryl methyl sites for hydroxylation is 1. The van der Waals surface area contributed by atoms with Crippen LogP contribution in [0.25, 0.3) is 11.3 Å². The first kappa shape index (κ1) is 21.3. The summed E-state index contributed by atoms with van der Waals surface area (Å²) in [6.07, 6.45) is 3.18. The molecule has 1 aliphatic rings. The zero-order valence-corrected chi connectivity index (χ0v) is 18.4. The first-order valence-electron chi connectivity index (χ1n) is 10.1. The Bertz CT molecular complexity index is 1210. The van der Waals surface area contributed by atoms with Gasteiger partial charge < -0.3 is 5.32 Å². The zero-order valence-electron chi connectivity index (χ0n) is 17.6. The van der Waals surface area contributed by atoms with Gasteiger partial charge in [-0.2, -0.15) is 4.31 Å². The van der Waals surface area contributed by atoms with Crippen molar-refractivity contribution in [3.8, 4) is 11.3 Å². The highest BCUT2D eigenvalue weighted by Crippen LogP contribution is 2.30. The van der Waals surface area contributed by atoms with Crippen LogP contribution in [-0.2, 0) is 23.0 Å². The maximum absolute atomic E-state index is 13.2. The average molecular weight is 442 g/mol. The van der Waals surface area contributed by atoms with Crippen molar-refractivity contribution in [2.45, 2.75) is 39.0 Å². The number of halogens is 1. The molecule has 0 atom stereocenters. The minimum absolute atomic E-state index is 0.242. The maximum Gasteiger partial charge on any atom is 0.216 e. The van der Waals surface area contributed by atoms with Crippen LogP contribution in [0, 0.1) is 12.7 Å². The van der Waals surface area contributed by atoms with Gasteiger partial charge in [0.15, 0.2) is 0 Å². The lowest BCUT2D eigenvalue weighted by Crippen LogP contribution is -2.40. The van der Waals surface area contributed by atoms with Crippen molar-refractivity contribution in [2.24, 2.45) is 0 Å². The molecule has 3 aromatic rings. The Morgan fingerprint density at radius 3 is 2.65 bits per heavy atom. The van der Waals surface area contributed by atoms with Crippen LogP contribution >= 0.6 is 0 Å². The average Bonchev–Trinajstić information content (AvgIpc) is 2.75. The van der Waals surface area contributed by atoms with E-state index in [0.29, 0.717) is 30.2 Å². The number of hydrogen-bond acceptors (Lipinski definition) is 6. The highest BCUT2D eigenvalue weighted by molar-refractivity contribution is 7.89. The molecule has 1 aliphatic heterocycles. The highest BCUT2D eigenvalue weighted by atomic mass is 32.2. The third-order valence-electron chi connectivity index (χ3n) is 5.43. The van der Waals surface area contributed by atoms with Crippen molar-refractivity contribution in [3.05, 3.63) is 65.5 Å². The lowest BCUT2D eigenvalue weighted by molar-refractivity contribution is 0.381. The minimum Gasteiger partial charge on any atom is -0.340 e. The van der Waals surface area contributed by atoms with Gasteiger partial charge in [-0.1, -0.05) is 6.07 Å². The summed E-state index contributed by atoms with van der Waals surface area (Å²) in [6.45, 7) is 5.98. The van der Waals surface area contributed by atoms with Crippen LogP contribution in [0.4, 0.5) is 15.9 Å². The Kier molecular flexibility index (Phi) is 5.72. The van der Waals surface area contributed by atoms with Crippen LogP contribution < -0.4 is 5.32 Å². The van der Waals surface area contributed by atoms with Crippen molar-refractivity contribution in [1.29, 1.82) is 0 Å². The zero-order chi connectivity index (χ0) is 22.2. The van der Waals surface area contributed by atoms with Gasteiger partial charge in [-0.15, -0.1) is 0 Å². The van der Waals surface area contributed by atoms with E-state index in [-0.39, 0.29) is 12.4 Å². The van der Waals surface area contributed by atoms with Crippen molar-refractivity contribution >= 4 is 21.5 Å². The fraction of sp³-hybridized carbons (Fsp3) is 0.318. The van der Waals surface area contributed by atoms with Crippen LogP contribution in [0.2, 0.25) is 0 Å². The van der Waals surface area contributed by atoms with Gasteiger partial charge in [-0.05, 0) is 57.0 Å². The fourth-order valence-corrected chi connectivity index (χ4v) is 4.85. The number of fused-ring (bicyclic) bond motifs is 1. The SMILES string of the molecule is Cc1ccc(Nc2ncnc3c2CCN(S(=O)(=O)C(C)C)C3)cc1-c1ccc(F)cn1. The molecule has 0 bridgehead atoms. The molecule has 31 heavy (non-hydrogen) atoms. The molecule has 0 saturated carbocycles. The van der Waals surface area contributed by atoms with Gasteiger partial charge in [0.05, 0.1) is 29.4 Å². The van der Waals surface area contributed by atoms with Gasteiger partial charge >= 0.3 is 0 Å². The number of anilines is 2. The third-order valence-corrected chi connectivity index (χ3v) is 7.65. The number of rotatable bonds is 5. The second kappa shape index (κ2) is 8.32. The van der Waals surface area contributed by atoms with E-state index in [2.05, 4.69) is 20.3 Å². The van der Waals surface area contributed by atoms with Gasteiger partial charge in [0, 0.05) is 23.4 Å². The number of nitrogens with one attached hydrogen (secondary N) is 1. The quantitative estimate of drug-likeness (QED) is 0.648. The lowest BCUT2D eigenvalue weighted by Gasteiger charge is -2.29. The van der Waals surface area contributed by atoms with Crippen molar-refractivity contribution < 1.29 is 12.8 Å². The summed E-state index contributed by atoms with van der Waals surface area (Å²) in [5.41, 5.74) is 5.03. The molecule has 2 aromatic heterocycles. The monoisotopic (exact) mass is 441 g/mol. The molecule has 1 aromatic carbocycles. The number of hydrogen-bond donors (Lipinski definition) is 1. The predicted octanol–water partition coefficient (Wildman–Crippen LogP) is 3.83. The van der Waals surface area contributed by atoms with Gasteiger partial charge in [0.2, 0.25) is 10.0 Å². The molecule has 162 valence electrons. The first-order chi connectivity index (χ1) is 14.8. The van der Waals surface area contributed by atoms with Crippen molar-refractivity contribution in [3.63, 3.8) is 0 Å². The predicted molar refractivity (Wildman–Crippen MR) is 118 cm³/mol. The van der Waals surface area contributed by atoms with E-state index < -0.39 is 15.3 Å². The lowest BCUT2D eigenvalue weighted by atomic mass is 10.0. The van der Waals surface area contributed by atoms with E-state index in [1.165, 1.54) is 22.9 Å². The van der Waals surface area contributed by atoms with Gasteiger partial charge in [0.1, 0.15) is 18.0 Å². The Morgan fingerprint density at radius 1 is 1.13 bits per heavy atom. The standard InChI is InChI=1S/C22H24FN5O2S/c1-14(2)31(29,30)28-9-8-18-21(12-28)25-13-26-22(18)27-17-6-4-15(3)19(10-17)20-7-5-16(23)11-24-20/h4-7,10-11,13-14H,8-9,12H2,1-3H3,(H,25,26,27). The number of aromatic nitrogens is 3. The summed E-state index contributed by atoms with van der Waals surface area (Å²) < 4.78 is 39.8. The van der Waals surface area contributed by atoms with E-state index in [1.807, 2.05) is 25.1 Å². The van der Waals surface area contributed by atoms with Crippen LogP contribution in [0.3, 0.4) is 0 Å². The fourth-order valence-electron chi connectivity index (χ4n) is 3.60. The van der Waals surface area contributed by atoms with Crippen molar-refractivity contribution in [1.82, 2.24) is 19.3 Å². The summed E-state index contributed by atoms with van der Waals surface area (Å²) in [5, 5.41) is 2.86. The van der Waals surface area contributed by atoms with Crippen LogP contribution in [0.15, 0.2) is 42.9 Å². The van der Waals surface area contributed by atoms with Gasteiger partial charge in [0.25, 0.3) is 0 Å². The van der Waals surface area contributed by atoms with Gasteiger partial charge in [-0.3, -0.25) is 4.98 Å². The molecule has 1 N–H and O–H groups in total. The first-order valence-corrected chi connectivity index (χ1v) is 11.6. The summed E-state index contributed by atoms with van der Waals surface area (Å²) in [5.74, 6) is 0.283. The molecular weight excluding hydrogens is 417 g/mol. The van der Waals surface area contributed by atoms with E-state index in [1.54, 1.807) is 19.9 Å². The molecule has 0 unspecified atom stereocenters. The van der Waals surface area contributed by atoms with Crippen LogP contribution in [0.5, 0.6) is 0 Å². The number of sulfonamides is 1. The molecule has 9 heteroatoms. The maximum atomic E-state index is 13.2. The Hall–Kier alpha value is -2.91. The molecule has 4 rings (SSSR count). The number of pyridine rings is 1. The minimum atomic E-state index is -3.34. The molecule has 3 heterocycles. The van der Waals surface area contributed by atoms with Gasteiger partial charge in [-0.25, -0.2) is 22.8 Å². The Morgan fingerprint density at radius 2 is 1.94 bits per heavy atom. The normalized spacial score (nSPS) is 14.5. The molecule has 0 aliphatic carbocycles. The van der Waals surface area contributed by atoms with E-state index >= 15 is 0 Å². The number of benzene rings is 1. The summed E-state index contributed by atoms with van der Waals surface area (Å²) in [4.78, 5) is 12.9. The highest BCUT2D eigenvalue weighted by Gasteiger charge is 2.31. The topological polar surface area (TPSA) is 88.1 Å². The number of nitrogens with zero attached hydrogens (tertiary/aromatic N) is 4. The van der Waals surface area contributed by atoms with E-state index in [4.69, 9.17) is 0 Å². The van der Waals surface area contributed by atoms with E-state index in [0.717, 1.165) is 22.4 Å². The second-order valence-electron chi connectivity index (χ2n) is 7.84. The summed E-state index contributed by atoms with van der Waals surface area (Å²) in [7, 11) is -3.34. The Labute approximate surface area is 181 Å². The molecule has 0 spiro atoms. The molecular formula is C22H24FN5O2S. The van der Waals surface area contributed by atoms with E-state index in [9.17, 15) is 12.8 Å². The van der Waals surface area contributed by atoms with Crippen LogP contribution in [0.1, 0.15) is 30.7 Å².